The Bertz CT molecular complexity index is 433. The summed E-state index contributed by atoms with van der Waals surface area (Å²) in [5.41, 5.74) is -0.367. The molecule has 1 aliphatic rings. The molecule has 1 fully saturated rings. The molecule has 1 aliphatic carbocycles. The average Bonchev–Trinajstić information content (AvgIpc) is 3.03. The number of alkyl halides is 3. The highest BCUT2D eigenvalue weighted by Gasteiger charge is 2.41. The molecule has 6 heteroatoms. The van der Waals surface area contributed by atoms with E-state index in [0.29, 0.717) is 5.92 Å². The van der Waals surface area contributed by atoms with E-state index in [1.54, 1.807) is 0 Å². The van der Waals surface area contributed by atoms with Crippen LogP contribution in [0.5, 0.6) is 0 Å². The maximum Gasteiger partial charge on any atom is 0.433 e. The van der Waals surface area contributed by atoms with Gasteiger partial charge in [-0.25, -0.2) is 0 Å². The number of nitrogens with zero attached hydrogens (tertiary/aromatic N) is 2. The Hall–Kier alpha value is -1.04. The van der Waals surface area contributed by atoms with E-state index in [9.17, 15) is 13.2 Å². The van der Waals surface area contributed by atoms with Gasteiger partial charge in [0.05, 0.1) is 12.2 Å². The summed E-state index contributed by atoms with van der Waals surface area (Å²) in [7, 11) is 0. The van der Waals surface area contributed by atoms with Crippen LogP contribution in [0, 0.1) is 5.92 Å². The van der Waals surface area contributed by atoms with E-state index in [2.05, 4.69) is 10.4 Å². The quantitative estimate of drug-likeness (QED) is 0.893. The molecule has 0 spiro atoms. The van der Waals surface area contributed by atoms with E-state index < -0.39 is 11.9 Å². The first-order valence-electron chi connectivity index (χ1n) is 6.67. The number of hydrogen-bond donors (Lipinski definition) is 1. The molecule has 108 valence electrons. The summed E-state index contributed by atoms with van der Waals surface area (Å²) in [6, 6.07) is -0.0327. The molecular weight excluding hydrogens is 255 g/mol. The largest absolute Gasteiger partial charge is 0.433 e. The van der Waals surface area contributed by atoms with Gasteiger partial charge in [0, 0.05) is 18.2 Å². The molecule has 0 saturated heterocycles. The lowest BCUT2D eigenvalue weighted by atomic mass is 10.2. The molecule has 1 aromatic rings. The summed E-state index contributed by atoms with van der Waals surface area (Å²) in [6.07, 6.45) is -1.01. The minimum absolute atomic E-state index is 0.144. The Balaban J connectivity index is 2.28. The van der Waals surface area contributed by atoms with Gasteiger partial charge < -0.3 is 5.32 Å². The molecule has 1 atom stereocenters. The van der Waals surface area contributed by atoms with Gasteiger partial charge in [-0.3, -0.25) is 4.68 Å². The normalized spacial score (nSPS) is 18.1. The van der Waals surface area contributed by atoms with Crippen molar-refractivity contribution in [3.05, 3.63) is 17.5 Å². The minimum Gasteiger partial charge on any atom is -0.310 e. The maximum absolute atomic E-state index is 13.2. The van der Waals surface area contributed by atoms with Crippen LogP contribution in [0.25, 0.3) is 0 Å². The van der Waals surface area contributed by atoms with Gasteiger partial charge in [0.15, 0.2) is 0 Å². The van der Waals surface area contributed by atoms with Crippen molar-refractivity contribution in [1.82, 2.24) is 15.1 Å². The molecule has 3 nitrogen and oxygen atoms in total. The number of nitrogens with one attached hydrogen (secondary N) is 1. The van der Waals surface area contributed by atoms with E-state index in [4.69, 9.17) is 0 Å². The third kappa shape index (κ3) is 3.29. The number of aromatic nitrogens is 2. The van der Waals surface area contributed by atoms with Gasteiger partial charge in [0.2, 0.25) is 0 Å². The summed E-state index contributed by atoms with van der Waals surface area (Å²) in [4.78, 5) is 0. The number of rotatable bonds is 5. The number of halogens is 3. The predicted molar refractivity (Wildman–Crippen MR) is 66.6 cm³/mol. The van der Waals surface area contributed by atoms with Crippen LogP contribution in [-0.2, 0) is 12.7 Å². The summed E-state index contributed by atoms with van der Waals surface area (Å²) >= 11 is 0. The summed E-state index contributed by atoms with van der Waals surface area (Å²) in [5, 5.41) is 7.00. The van der Waals surface area contributed by atoms with E-state index in [0.717, 1.165) is 17.5 Å². The lowest BCUT2D eigenvalue weighted by Gasteiger charge is -2.18. The van der Waals surface area contributed by atoms with Crippen molar-refractivity contribution in [3.8, 4) is 0 Å². The van der Waals surface area contributed by atoms with Gasteiger partial charge in [0.25, 0.3) is 0 Å². The van der Waals surface area contributed by atoms with Crippen LogP contribution >= 0.6 is 0 Å². The topological polar surface area (TPSA) is 29.9 Å². The van der Waals surface area contributed by atoms with Gasteiger partial charge in [-0.1, -0.05) is 13.8 Å². The van der Waals surface area contributed by atoms with Crippen LogP contribution in [0.15, 0.2) is 6.20 Å². The highest BCUT2D eigenvalue weighted by Crippen LogP contribution is 2.42. The molecule has 1 N–H and O–H groups in total. The molecule has 0 aliphatic heterocycles. The van der Waals surface area contributed by atoms with Gasteiger partial charge in [-0.15, -0.1) is 0 Å². The van der Waals surface area contributed by atoms with Crippen molar-refractivity contribution in [2.75, 3.05) is 0 Å². The second-order valence-electron chi connectivity index (χ2n) is 5.57. The molecule has 19 heavy (non-hydrogen) atoms. The lowest BCUT2D eigenvalue weighted by Crippen LogP contribution is -2.25. The van der Waals surface area contributed by atoms with Crippen LogP contribution < -0.4 is 5.32 Å². The average molecular weight is 275 g/mol. The van der Waals surface area contributed by atoms with Crippen LogP contribution in [0.2, 0.25) is 0 Å². The second kappa shape index (κ2) is 5.15. The maximum atomic E-state index is 13.2. The lowest BCUT2D eigenvalue weighted by molar-refractivity contribution is -0.145. The molecule has 1 saturated carbocycles. The second-order valence-corrected chi connectivity index (χ2v) is 5.57. The van der Waals surface area contributed by atoms with Gasteiger partial charge >= 0.3 is 6.18 Å². The molecule has 1 heterocycles. The molecule has 0 bridgehead atoms. The van der Waals surface area contributed by atoms with Gasteiger partial charge in [0.1, 0.15) is 5.69 Å². The van der Waals surface area contributed by atoms with E-state index in [1.807, 2.05) is 20.8 Å². The summed E-state index contributed by atoms with van der Waals surface area (Å²) in [6.45, 7) is 5.83. The van der Waals surface area contributed by atoms with Crippen molar-refractivity contribution in [2.24, 2.45) is 5.92 Å². The molecular formula is C13H20F3N3. The van der Waals surface area contributed by atoms with Crippen molar-refractivity contribution in [3.63, 3.8) is 0 Å². The molecule has 2 rings (SSSR count). The predicted octanol–water partition coefficient (Wildman–Crippen LogP) is 3.37. The summed E-state index contributed by atoms with van der Waals surface area (Å²) < 4.78 is 40.8. The minimum atomic E-state index is -4.35. The first-order valence-corrected chi connectivity index (χ1v) is 6.67. The third-order valence-corrected chi connectivity index (χ3v) is 3.53. The standard InChI is InChI=1S/C13H20F3N3/c1-8(2)17-6-11-7-18-19(9(3)10-4-5-10)12(11)13(14,15)16/h7-10,17H,4-6H2,1-3H3. The monoisotopic (exact) mass is 275 g/mol. The highest BCUT2D eigenvalue weighted by atomic mass is 19.4. The van der Waals surface area contributed by atoms with E-state index in [-0.39, 0.29) is 24.2 Å². The van der Waals surface area contributed by atoms with Gasteiger partial charge in [-0.05, 0) is 25.7 Å². The molecule has 1 aromatic heterocycles. The van der Waals surface area contributed by atoms with Crippen molar-refractivity contribution in [2.45, 2.75) is 58.4 Å². The van der Waals surface area contributed by atoms with Crippen molar-refractivity contribution >= 4 is 0 Å². The summed E-state index contributed by atoms with van der Waals surface area (Å²) in [5.74, 6) is 0.340. The Kier molecular flexibility index (Phi) is 3.90. The van der Waals surface area contributed by atoms with Gasteiger partial charge in [-0.2, -0.15) is 18.3 Å². The zero-order valence-corrected chi connectivity index (χ0v) is 11.5. The molecule has 0 amide bonds. The Morgan fingerprint density at radius 1 is 1.37 bits per heavy atom. The fourth-order valence-corrected chi connectivity index (χ4v) is 2.24. The molecule has 1 unspecified atom stereocenters. The smallest absolute Gasteiger partial charge is 0.310 e. The van der Waals surface area contributed by atoms with E-state index >= 15 is 0 Å². The molecule has 0 aromatic carbocycles. The zero-order chi connectivity index (χ0) is 14.2. The number of hydrogen-bond acceptors (Lipinski definition) is 2. The fraction of sp³-hybridized carbons (Fsp3) is 0.769. The van der Waals surface area contributed by atoms with Crippen molar-refractivity contribution in [1.29, 1.82) is 0 Å². The van der Waals surface area contributed by atoms with Crippen LogP contribution in [0.4, 0.5) is 13.2 Å². The fourth-order valence-electron chi connectivity index (χ4n) is 2.24. The Morgan fingerprint density at radius 3 is 2.47 bits per heavy atom. The zero-order valence-electron chi connectivity index (χ0n) is 11.5. The molecule has 0 radical (unpaired) electrons. The SMILES string of the molecule is CC(C)NCc1cnn(C(C)C2CC2)c1C(F)(F)F. The van der Waals surface area contributed by atoms with Crippen LogP contribution in [0.1, 0.15) is 50.9 Å². The third-order valence-electron chi connectivity index (χ3n) is 3.53. The first kappa shape index (κ1) is 14.4. The van der Waals surface area contributed by atoms with E-state index in [1.165, 1.54) is 6.20 Å². The highest BCUT2D eigenvalue weighted by molar-refractivity contribution is 5.22. The van der Waals surface area contributed by atoms with Crippen molar-refractivity contribution < 1.29 is 13.2 Å². The van der Waals surface area contributed by atoms with Crippen LogP contribution in [-0.4, -0.2) is 15.8 Å². The Morgan fingerprint density at radius 2 is 2.00 bits per heavy atom. The first-order chi connectivity index (χ1) is 8.80. The van der Waals surface area contributed by atoms with Crippen LogP contribution in [0.3, 0.4) is 0 Å². The Labute approximate surface area is 111 Å².